The highest BCUT2D eigenvalue weighted by atomic mass is 127. The number of aromatic nitrogens is 1. The Labute approximate surface area is 199 Å². The van der Waals surface area contributed by atoms with Crippen LogP contribution in [0.5, 0.6) is 0 Å². The van der Waals surface area contributed by atoms with E-state index in [4.69, 9.17) is 9.52 Å². The van der Waals surface area contributed by atoms with Crippen molar-refractivity contribution in [2.75, 3.05) is 53.4 Å². The number of benzene rings is 1. The molecule has 0 radical (unpaired) electrons. The average molecular weight is 548 g/mol. The van der Waals surface area contributed by atoms with Crippen molar-refractivity contribution in [3.05, 3.63) is 53.4 Å². The molecule has 1 aromatic carbocycles. The van der Waals surface area contributed by atoms with E-state index < -0.39 is 17.7 Å². The van der Waals surface area contributed by atoms with Crippen molar-refractivity contribution in [2.24, 2.45) is 4.99 Å². The van der Waals surface area contributed by atoms with Gasteiger partial charge in [-0.25, -0.2) is 8.78 Å². The molecular formula is C21H31F2IN6O. The van der Waals surface area contributed by atoms with E-state index in [-0.39, 0.29) is 36.1 Å². The van der Waals surface area contributed by atoms with Gasteiger partial charge in [0.05, 0.1) is 18.3 Å². The number of likely N-dealkylation sites (N-methyl/N-ethyl adjacent to an activating group) is 1. The number of hydrogen-bond donors (Lipinski definition) is 1. The third-order valence-electron chi connectivity index (χ3n) is 5.25. The van der Waals surface area contributed by atoms with Crippen LogP contribution in [-0.4, -0.2) is 79.2 Å². The molecule has 1 fully saturated rings. The molecule has 1 aliphatic rings. The molecule has 2 heterocycles. The standard InChI is InChI=1S/C21H30F2N6O.HI/c1-4-24-21(29-11-9-28(10-12-29)15-16-8-13-30-26-16)25-14-19(27(2)3)20-17(22)6-5-7-18(20)23;/h5-8,13,19H,4,9-12,14-15H2,1-3H3,(H,24,25);1H. The summed E-state index contributed by atoms with van der Waals surface area (Å²) in [7, 11) is 3.61. The number of halogens is 3. The minimum Gasteiger partial charge on any atom is -0.364 e. The smallest absolute Gasteiger partial charge is 0.194 e. The topological polar surface area (TPSA) is 60.1 Å². The molecule has 31 heavy (non-hydrogen) atoms. The summed E-state index contributed by atoms with van der Waals surface area (Å²) in [6.07, 6.45) is 1.58. The number of nitrogens with zero attached hydrogens (tertiary/aromatic N) is 5. The van der Waals surface area contributed by atoms with Crippen LogP contribution in [0.25, 0.3) is 0 Å². The molecule has 10 heteroatoms. The Morgan fingerprint density at radius 2 is 1.87 bits per heavy atom. The van der Waals surface area contributed by atoms with E-state index in [9.17, 15) is 8.78 Å². The second-order valence-corrected chi connectivity index (χ2v) is 7.56. The lowest BCUT2D eigenvalue weighted by atomic mass is 10.0. The number of aliphatic imine (C=N–C) groups is 1. The second kappa shape index (κ2) is 12.3. The number of nitrogens with one attached hydrogen (secondary N) is 1. The maximum Gasteiger partial charge on any atom is 0.194 e. The van der Waals surface area contributed by atoms with Gasteiger partial charge in [-0.2, -0.15) is 0 Å². The molecule has 0 aliphatic carbocycles. The molecule has 0 spiro atoms. The fourth-order valence-corrected chi connectivity index (χ4v) is 3.61. The summed E-state index contributed by atoms with van der Waals surface area (Å²) in [6.45, 7) is 7.11. The van der Waals surface area contributed by atoms with Crippen LogP contribution in [0.1, 0.15) is 24.2 Å². The van der Waals surface area contributed by atoms with Gasteiger partial charge in [0.25, 0.3) is 0 Å². The van der Waals surface area contributed by atoms with Crippen LogP contribution in [0.2, 0.25) is 0 Å². The molecule has 2 aromatic rings. The van der Waals surface area contributed by atoms with Gasteiger partial charge in [0.2, 0.25) is 0 Å². The largest absolute Gasteiger partial charge is 0.364 e. The molecule has 1 unspecified atom stereocenters. The van der Waals surface area contributed by atoms with Crippen LogP contribution in [0, 0.1) is 11.6 Å². The third-order valence-corrected chi connectivity index (χ3v) is 5.25. The Hall–Kier alpha value is -1.79. The van der Waals surface area contributed by atoms with Crippen molar-refractivity contribution < 1.29 is 13.3 Å². The second-order valence-electron chi connectivity index (χ2n) is 7.56. The van der Waals surface area contributed by atoms with Crippen LogP contribution in [0.15, 0.2) is 40.0 Å². The Kier molecular flexibility index (Phi) is 10.1. The Morgan fingerprint density at radius 3 is 2.42 bits per heavy atom. The van der Waals surface area contributed by atoms with Crippen LogP contribution in [-0.2, 0) is 6.54 Å². The van der Waals surface area contributed by atoms with E-state index in [2.05, 4.69) is 20.3 Å². The van der Waals surface area contributed by atoms with Crippen molar-refractivity contribution in [1.29, 1.82) is 0 Å². The van der Waals surface area contributed by atoms with Crippen LogP contribution < -0.4 is 5.32 Å². The van der Waals surface area contributed by atoms with Gasteiger partial charge in [-0.15, -0.1) is 24.0 Å². The molecule has 0 saturated carbocycles. The number of guanidine groups is 1. The Bertz CT molecular complexity index is 805. The number of hydrogen-bond acceptors (Lipinski definition) is 5. The predicted molar refractivity (Wildman–Crippen MR) is 128 cm³/mol. The molecule has 3 rings (SSSR count). The van der Waals surface area contributed by atoms with E-state index in [1.807, 2.05) is 27.1 Å². The molecule has 1 atom stereocenters. The Morgan fingerprint density at radius 1 is 1.19 bits per heavy atom. The molecule has 1 N–H and O–H groups in total. The first-order valence-corrected chi connectivity index (χ1v) is 10.2. The maximum absolute atomic E-state index is 14.3. The summed E-state index contributed by atoms with van der Waals surface area (Å²) in [6, 6.07) is 5.34. The van der Waals surface area contributed by atoms with Gasteiger partial charge in [0.15, 0.2) is 5.96 Å². The van der Waals surface area contributed by atoms with Crippen LogP contribution >= 0.6 is 24.0 Å². The summed E-state index contributed by atoms with van der Waals surface area (Å²) >= 11 is 0. The first-order valence-electron chi connectivity index (χ1n) is 10.2. The van der Waals surface area contributed by atoms with Crippen LogP contribution in [0.4, 0.5) is 8.78 Å². The maximum atomic E-state index is 14.3. The molecule has 1 saturated heterocycles. The van der Waals surface area contributed by atoms with E-state index >= 15 is 0 Å². The summed E-state index contributed by atoms with van der Waals surface area (Å²) in [4.78, 5) is 11.0. The van der Waals surface area contributed by atoms with Crippen molar-refractivity contribution in [2.45, 2.75) is 19.5 Å². The molecule has 1 aromatic heterocycles. The van der Waals surface area contributed by atoms with E-state index in [1.165, 1.54) is 18.2 Å². The Balaban J connectivity index is 0.00000341. The van der Waals surface area contributed by atoms with Crippen molar-refractivity contribution in [3.63, 3.8) is 0 Å². The van der Waals surface area contributed by atoms with E-state index in [0.29, 0.717) is 0 Å². The van der Waals surface area contributed by atoms with Gasteiger partial charge in [0, 0.05) is 50.9 Å². The molecule has 0 amide bonds. The molecule has 0 bridgehead atoms. The van der Waals surface area contributed by atoms with E-state index in [1.54, 1.807) is 11.2 Å². The normalized spacial score (nSPS) is 16.3. The number of rotatable bonds is 7. The van der Waals surface area contributed by atoms with Crippen molar-refractivity contribution in [1.82, 2.24) is 25.2 Å². The molecule has 172 valence electrons. The highest BCUT2D eigenvalue weighted by Crippen LogP contribution is 2.25. The SMILES string of the molecule is CCNC(=NCC(c1c(F)cccc1F)N(C)C)N1CCN(Cc2ccon2)CC1.I. The average Bonchev–Trinajstić information content (AvgIpc) is 3.22. The van der Waals surface area contributed by atoms with Gasteiger partial charge in [0.1, 0.15) is 17.9 Å². The van der Waals surface area contributed by atoms with Crippen molar-refractivity contribution in [3.8, 4) is 0 Å². The lowest BCUT2D eigenvalue weighted by molar-refractivity contribution is 0.168. The fraction of sp³-hybridized carbons (Fsp3) is 0.524. The van der Waals surface area contributed by atoms with E-state index in [0.717, 1.165) is 50.9 Å². The highest BCUT2D eigenvalue weighted by Gasteiger charge is 2.24. The summed E-state index contributed by atoms with van der Waals surface area (Å²) in [5.41, 5.74) is 0.976. The predicted octanol–water partition coefficient (Wildman–Crippen LogP) is 2.96. The minimum absolute atomic E-state index is 0. The zero-order chi connectivity index (χ0) is 21.5. The lowest BCUT2D eigenvalue weighted by Crippen LogP contribution is -2.52. The summed E-state index contributed by atoms with van der Waals surface area (Å²) < 4.78 is 33.6. The van der Waals surface area contributed by atoms with Gasteiger partial charge < -0.3 is 19.6 Å². The highest BCUT2D eigenvalue weighted by molar-refractivity contribution is 14.0. The van der Waals surface area contributed by atoms with Gasteiger partial charge >= 0.3 is 0 Å². The molecular weight excluding hydrogens is 517 g/mol. The fourth-order valence-electron chi connectivity index (χ4n) is 3.61. The quantitative estimate of drug-likeness (QED) is 0.327. The lowest BCUT2D eigenvalue weighted by Gasteiger charge is -2.36. The number of piperazine rings is 1. The van der Waals surface area contributed by atoms with Gasteiger partial charge in [-0.1, -0.05) is 11.2 Å². The molecule has 7 nitrogen and oxygen atoms in total. The van der Waals surface area contributed by atoms with Crippen molar-refractivity contribution >= 4 is 29.9 Å². The first kappa shape index (κ1) is 25.5. The zero-order valence-electron chi connectivity index (χ0n) is 18.2. The summed E-state index contributed by atoms with van der Waals surface area (Å²) in [5, 5.41) is 7.28. The minimum atomic E-state index is -0.546. The van der Waals surface area contributed by atoms with Crippen LogP contribution in [0.3, 0.4) is 0 Å². The molecule has 1 aliphatic heterocycles. The monoisotopic (exact) mass is 548 g/mol. The summed E-state index contributed by atoms with van der Waals surface area (Å²) in [5.74, 6) is -0.326. The zero-order valence-corrected chi connectivity index (χ0v) is 20.6. The van der Waals surface area contributed by atoms with Gasteiger partial charge in [-0.3, -0.25) is 9.89 Å². The van der Waals surface area contributed by atoms with Gasteiger partial charge in [-0.05, 0) is 33.2 Å². The first-order chi connectivity index (χ1) is 14.5. The third kappa shape index (κ3) is 6.84.